The second-order valence-electron chi connectivity index (χ2n) is 5.19. The Labute approximate surface area is 112 Å². The monoisotopic (exact) mass is 267 g/mol. The Hall–Kier alpha value is -0.870. The quantitative estimate of drug-likeness (QED) is 0.880. The molecular weight excluding hydrogens is 246 g/mol. The average molecular weight is 267 g/mol. The minimum absolute atomic E-state index is 0.00151. The maximum atomic E-state index is 12.1. The van der Waals surface area contributed by atoms with E-state index in [2.05, 4.69) is 5.32 Å². The number of carbonyl (C=O) groups is 1. The van der Waals surface area contributed by atoms with E-state index in [9.17, 15) is 4.79 Å². The molecule has 3 nitrogen and oxygen atoms in total. The summed E-state index contributed by atoms with van der Waals surface area (Å²) in [5.41, 5.74) is 1.36. The molecule has 0 radical (unpaired) electrons. The van der Waals surface area contributed by atoms with E-state index in [1.165, 1.54) is 23.3 Å². The Bertz CT molecular complexity index is 404. The normalized spacial score (nSPS) is 17.9. The van der Waals surface area contributed by atoms with Crippen LogP contribution in [0.4, 0.5) is 0 Å². The first-order valence-corrected chi connectivity index (χ1v) is 7.46. The second kappa shape index (κ2) is 5.85. The third kappa shape index (κ3) is 2.93. The van der Waals surface area contributed by atoms with Crippen molar-refractivity contribution in [1.82, 2.24) is 5.32 Å². The van der Waals surface area contributed by atoms with Crippen LogP contribution in [0.15, 0.2) is 6.07 Å². The fraction of sp³-hybridized carbons (Fsp3) is 0.643. The van der Waals surface area contributed by atoms with Gasteiger partial charge in [0.2, 0.25) is 0 Å². The van der Waals surface area contributed by atoms with E-state index >= 15 is 0 Å². The molecular formula is C14H21NO2S. The zero-order valence-electron chi connectivity index (χ0n) is 11.0. The number of thiophene rings is 1. The van der Waals surface area contributed by atoms with Gasteiger partial charge in [0.15, 0.2) is 0 Å². The largest absolute Gasteiger partial charge is 0.396 e. The molecule has 2 atom stereocenters. The predicted octanol–water partition coefficient (Wildman–Crippen LogP) is 2.37. The number of fused-ring (bicyclic) bond motifs is 1. The molecule has 1 aromatic heterocycles. The van der Waals surface area contributed by atoms with Gasteiger partial charge in [-0.25, -0.2) is 0 Å². The number of carbonyl (C=O) groups excluding carboxylic acids is 1. The van der Waals surface area contributed by atoms with Gasteiger partial charge in [0.05, 0.1) is 4.88 Å². The number of aliphatic hydroxyl groups excluding tert-OH is 1. The molecule has 1 aliphatic rings. The van der Waals surface area contributed by atoms with Crippen LogP contribution in [0.1, 0.15) is 46.8 Å². The van der Waals surface area contributed by atoms with E-state index in [0.29, 0.717) is 0 Å². The van der Waals surface area contributed by atoms with Gasteiger partial charge < -0.3 is 10.4 Å². The highest BCUT2D eigenvalue weighted by Gasteiger charge is 2.19. The molecule has 1 heterocycles. The summed E-state index contributed by atoms with van der Waals surface area (Å²) in [6, 6.07) is 2.05. The van der Waals surface area contributed by atoms with Gasteiger partial charge in [-0.05, 0) is 50.2 Å². The Morgan fingerprint density at radius 2 is 2.17 bits per heavy atom. The molecule has 2 rings (SSSR count). The summed E-state index contributed by atoms with van der Waals surface area (Å²) in [6.45, 7) is 3.97. The van der Waals surface area contributed by atoms with Gasteiger partial charge in [0.1, 0.15) is 0 Å². The highest BCUT2D eigenvalue weighted by atomic mass is 32.1. The zero-order valence-corrected chi connectivity index (χ0v) is 11.8. The fourth-order valence-corrected chi connectivity index (χ4v) is 3.34. The lowest BCUT2D eigenvalue weighted by atomic mass is 9.99. The zero-order chi connectivity index (χ0) is 13.1. The van der Waals surface area contributed by atoms with Gasteiger partial charge in [-0.3, -0.25) is 4.79 Å². The van der Waals surface area contributed by atoms with E-state index in [1.54, 1.807) is 11.3 Å². The van der Waals surface area contributed by atoms with Crippen LogP contribution in [-0.2, 0) is 12.8 Å². The maximum Gasteiger partial charge on any atom is 0.261 e. The van der Waals surface area contributed by atoms with Crippen LogP contribution < -0.4 is 5.32 Å². The van der Waals surface area contributed by atoms with Crippen LogP contribution in [0, 0.1) is 5.92 Å². The van der Waals surface area contributed by atoms with Crippen molar-refractivity contribution in [2.45, 2.75) is 45.6 Å². The minimum atomic E-state index is 0.00151. The van der Waals surface area contributed by atoms with Crippen molar-refractivity contribution in [2.75, 3.05) is 6.61 Å². The molecule has 0 saturated carbocycles. The van der Waals surface area contributed by atoms with Gasteiger partial charge in [-0.2, -0.15) is 0 Å². The molecule has 0 spiro atoms. The summed E-state index contributed by atoms with van der Waals surface area (Å²) < 4.78 is 0. The Kier molecular flexibility index (Phi) is 4.40. The first-order valence-electron chi connectivity index (χ1n) is 6.65. The van der Waals surface area contributed by atoms with Crippen LogP contribution in [-0.4, -0.2) is 23.7 Å². The van der Waals surface area contributed by atoms with Crippen molar-refractivity contribution in [3.63, 3.8) is 0 Å². The topological polar surface area (TPSA) is 49.3 Å². The Balaban J connectivity index is 2.03. The molecule has 2 N–H and O–H groups in total. The molecule has 4 heteroatoms. The summed E-state index contributed by atoms with van der Waals surface area (Å²) in [5, 5.41) is 12.0. The molecule has 18 heavy (non-hydrogen) atoms. The lowest BCUT2D eigenvalue weighted by molar-refractivity contribution is 0.0920. The summed E-state index contributed by atoms with van der Waals surface area (Å²) in [5.74, 6) is 0.0886. The third-order valence-electron chi connectivity index (χ3n) is 3.72. The Morgan fingerprint density at radius 1 is 1.44 bits per heavy atom. The third-order valence-corrected chi connectivity index (χ3v) is 4.96. The van der Waals surface area contributed by atoms with Crippen molar-refractivity contribution < 1.29 is 9.90 Å². The number of rotatable bonds is 4. The van der Waals surface area contributed by atoms with E-state index in [0.717, 1.165) is 17.7 Å². The first-order chi connectivity index (χ1) is 8.61. The molecule has 0 fully saturated rings. The van der Waals surface area contributed by atoms with Gasteiger partial charge >= 0.3 is 0 Å². The van der Waals surface area contributed by atoms with E-state index in [1.807, 2.05) is 19.9 Å². The van der Waals surface area contributed by atoms with Gasteiger partial charge in [0, 0.05) is 17.5 Å². The standard InChI is InChI=1S/C14H21NO2S/c1-9(8-16)10(2)15-14(17)13-7-11-5-3-4-6-12(11)18-13/h7,9-10,16H,3-6,8H2,1-2H3,(H,15,17). The summed E-state index contributed by atoms with van der Waals surface area (Å²) in [6.07, 6.45) is 4.72. The number of nitrogens with one attached hydrogen (secondary N) is 1. The number of aryl methyl sites for hydroxylation is 2. The van der Waals surface area contributed by atoms with Crippen LogP contribution >= 0.6 is 11.3 Å². The van der Waals surface area contributed by atoms with Crippen molar-refractivity contribution in [2.24, 2.45) is 5.92 Å². The van der Waals surface area contributed by atoms with E-state index in [4.69, 9.17) is 5.11 Å². The van der Waals surface area contributed by atoms with Gasteiger partial charge in [0.25, 0.3) is 5.91 Å². The number of hydrogen-bond donors (Lipinski definition) is 2. The highest BCUT2D eigenvalue weighted by Crippen LogP contribution is 2.29. The molecule has 2 unspecified atom stereocenters. The highest BCUT2D eigenvalue weighted by molar-refractivity contribution is 7.14. The number of aliphatic hydroxyl groups is 1. The van der Waals surface area contributed by atoms with Gasteiger partial charge in [-0.1, -0.05) is 6.92 Å². The number of hydrogen-bond acceptors (Lipinski definition) is 3. The molecule has 0 aromatic carbocycles. The van der Waals surface area contributed by atoms with Gasteiger partial charge in [-0.15, -0.1) is 11.3 Å². The summed E-state index contributed by atoms with van der Waals surface area (Å²) >= 11 is 1.63. The second-order valence-corrected chi connectivity index (χ2v) is 6.32. The summed E-state index contributed by atoms with van der Waals surface area (Å²) in [7, 11) is 0. The van der Waals surface area contributed by atoms with E-state index in [-0.39, 0.29) is 24.5 Å². The average Bonchev–Trinajstić information content (AvgIpc) is 2.81. The predicted molar refractivity (Wildman–Crippen MR) is 74.1 cm³/mol. The van der Waals surface area contributed by atoms with Crippen molar-refractivity contribution in [3.05, 3.63) is 21.4 Å². The molecule has 1 aliphatic carbocycles. The first kappa shape index (κ1) is 13.6. The maximum absolute atomic E-state index is 12.1. The molecule has 1 amide bonds. The molecule has 0 aliphatic heterocycles. The number of amides is 1. The molecule has 0 bridgehead atoms. The smallest absolute Gasteiger partial charge is 0.261 e. The van der Waals surface area contributed by atoms with E-state index < -0.39 is 0 Å². The molecule has 1 aromatic rings. The lowest BCUT2D eigenvalue weighted by Crippen LogP contribution is -2.38. The SMILES string of the molecule is CC(CO)C(C)NC(=O)c1cc2c(s1)CCCC2. The lowest BCUT2D eigenvalue weighted by Gasteiger charge is -2.18. The fourth-order valence-electron chi connectivity index (χ4n) is 2.18. The minimum Gasteiger partial charge on any atom is -0.396 e. The van der Waals surface area contributed by atoms with Crippen molar-refractivity contribution in [3.8, 4) is 0 Å². The van der Waals surface area contributed by atoms with Crippen LogP contribution in [0.5, 0.6) is 0 Å². The molecule has 0 saturated heterocycles. The Morgan fingerprint density at radius 3 is 2.83 bits per heavy atom. The summed E-state index contributed by atoms with van der Waals surface area (Å²) in [4.78, 5) is 14.3. The van der Waals surface area contributed by atoms with Crippen LogP contribution in [0.3, 0.4) is 0 Å². The molecule has 100 valence electrons. The van der Waals surface area contributed by atoms with Crippen LogP contribution in [0.25, 0.3) is 0 Å². The van der Waals surface area contributed by atoms with Crippen LogP contribution in [0.2, 0.25) is 0 Å². The van der Waals surface area contributed by atoms with Crippen molar-refractivity contribution in [1.29, 1.82) is 0 Å². The van der Waals surface area contributed by atoms with Crippen molar-refractivity contribution >= 4 is 17.2 Å².